The maximum absolute atomic E-state index is 5.87. The van der Waals surface area contributed by atoms with Crippen molar-refractivity contribution in [3.63, 3.8) is 0 Å². The Kier molecular flexibility index (Phi) is 5.27. The molecule has 0 aliphatic heterocycles. The van der Waals surface area contributed by atoms with Crippen molar-refractivity contribution in [2.24, 2.45) is 0 Å². The van der Waals surface area contributed by atoms with Crippen molar-refractivity contribution in [2.45, 2.75) is 6.54 Å². The molecular formula is C14H16ClN3O. The van der Waals surface area contributed by atoms with E-state index >= 15 is 0 Å². The summed E-state index contributed by atoms with van der Waals surface area (Å²) in [6, 6.07) is 9.41. The molecule has 0 bridgehead atoms. The molecule has 0 spiro atoms. The SMILES string of the molecule is COCCNCc1ccnc(-c2ccc(Cl)cc2)n1. The minimum atomic E-state index is 0.690. The number of ether oxygens (including phenoxy) is 1. The Labute approximate surface area is 117 Å². The number of halogens is 1. The largest absolute Gasteiger partial charge is 0.383 e. The first-order valence-corrected chi connectivity index (χ1v) is 6.45. The van der Waals surface area contributed by atoms with Gasteiger partial charge in [0.1, 0.15) is 0 Å². The topological polar surface area (TPSA) is 47.0 Å². The van der Waals surface area contributed by atoms with Crippen molar-refractivity contribution in [2.75, 3.05) is 20.3 Å². The predicted octanol–water partition coefficient (Wildman–Crippen LogP) is 2.53. The van der Waals surface area contributed by atoms with E-state index in [0.717, 1.165) is 17.8 Å². The Morgan fingerprint density at radius 1 is 1.21 bits per heavy atom. The number of nitrogens with one attached hydrogen (secondary N) is 1. The standard InChI is InChI=1S/C14H16ClN3O/c1-19-9-8-16-10-13-6-7-17-14(18-13)11-2-4-12(15)5-3-11/h2-7,16H,8-10H2,1H3. The lowest BCUT2D eigenvalue weighted by atomic mass is 10.2. The number of aromatic nitrogens is 2. The first kappa shape index (κ1) is 13.9. The maximum atomic E-state index is 5.87. The molecule has 2 rings (SSSR count). The van der Waals surface area contributed by atoms with Gasteiger partial charge in [-0.3, -0.25) is 0 Å². The van der Waals surface area contributed by atoms with E-state index in [1.807, 2.05) is 30.3 Å². The van der Waals surface area contributed by atoms with Crippen LogP contribution >= 0.6 is 11.6 Å². The van der Waals surface area contributed by atoms with Crippen molar-refractivity contribution in [3.05, 3.63) is 47.2 Å². The molecule has 0 amide bonds. The molecule has 4 nitrogen and oxygen atoms in total. The van der Waals surface area contributed by atoms with Crippen molar-refractivity contribution in [3.8, 4) is 11.4 Å². The summed E-state index contributed by atoms with van der Waals surface area (Å²) >= 11 is 5.87. The summed E-state index contributed by atoms with van der Waals surface area (Å²) in [7, 11) is 1.69. The normalized spacial score (nSPS) is 10.6. The van der Waals surface area contributed by atoms with Crippen LogP contribution in [-0.4, -0.2) is 30.2 Å². The zero-order valence-corrected chi connectivity index (χ0v) is 11.5. The third-order valence-electron chi connectivity index (χ3n) is 2.60. The summed E-state index contributed by atoms with van der Waals surface area (Å²) < 4.78 is 4.98. The summed E-state index contributed by atoms with van der Waals surface area (Å²) in [5.41, 5.74) is 1.92. The van der Waals surface area contributed by atoms with Gasteiger partial charge in [0.15, 0.2) is 5.82 Å². The van der Waals surface area contributed by atoms with Crippen LogP contribution < -0.4 is 5.32 Å². The Bertz CT molecular complexity index is 516. The first-order chi connectivity index (χ1) is 9.29. The molecule has 0 saturated heterocycles. The van der Waals surface area contributed by atoms with Gasteiger partial charge in [0.25, 0.3) is 0 Å². The van der Waals surface area contributed by atoms with Gasteiger partial charge in [-0.25, -0.2) is 9.97 Å². The second kappa shape index (κ2) is 7.19. The lowest BCUT2D eigenvalue weighted by Crippen LogP contribution is -2.19. The molecule has 2 aromatic rings. The Morgan fingerprint density at radius 3 is 2.74 bits per heavy atom. The molecule has 0 saturated carbocycles. The van der Waals surface area contributed by atoms with Gasteiger partial charge in [0.05, 0.1) is 12.3 Å². The fraction of sp³-hybridized carbons (Fsp3) is 0.286. The number of rotatable bonds is 6. The van der Waals surface area contributed by atoms with Gasteiger partial charge >= 0.3 is 0 Å². The molecule has 1 heterocycles. The van der Waals surface area contributed by atoms with Crippen LogP contribution in [0.5, 0.6) is 0 Å². The third-order valence-corrected chi connectivity index (χ3v) is 2.86. The fourth-order valence-electron chi connectivity index (χ4n) is 1.62. The van der Waals surface area contributed by atoms with Crippen LogP contribution in [0, 0.1) is 0 Å². The molecule has 5 heteroatoms. The lowest BCUT2D eigenvalue weighted by molar-refractivity contribution is 0.199. The van der Waals surface area contributed by atoms with Crippen LogP contribution in [0.2, 0.25) is 5.02 Å². The van der Waals surface area contributed by atoms with Crippen molar-refractivity contribution < 1.29 is 4.74 Å². The van der Waals surface area contributed by atoms with Crippen LogP contribution in [-0.2, 0) is 11.3 Å². The average Bonchev–Trinajstić information content (AvgIpc) is 2.45. The van der Waals surface area contributed by atoms with E-state index < -0.39 is 0 Å². The van der Waals surface area contributed by atoms with E-state index in [9.17, 15) is 0 Å². The predicted molar refractivity (Wildman–Crippen MR) is 76.1 cm³/mol. The van der Waals surface area contributed by atoms with Gasteiger partial charge in [0, 0.05) is 37.0 Å². The summed E-state index contributed by atoms with van der Waals surface area (Å²) in [5, 5.41) is 3.96. The van der Waals surface area contributed by atoms with Crippen LogP contribution in [0.4, 0.5) is 0 Å². The minimum absolute atomic E-state index is 0.690. The molecule has 0 unspecified atom stereocenters. The molecule has 1 N–H and O–H groups in total. The van der Waals surface area contributed by atoms with Crippen LogP contribution in [0.15, 0.2) is 36.5 Å². The second-order valence-corrected chi connectivity index (χ2v) is 4.48. The van der Waals surface area contributed by atoms with E-state index in [1.54, 1.807) is 13.3 Å². The number of nitrogens with zero attached hydrogens (tertiary/aromatic N) is 2. The highest BCUT2D eigenvalue weighted by Crippen LogP contribution is 2.17. The summed E-state index contributed by atoms with van der Waals surface area (Å²) in [5.74, 6) is 0.711. The number of benzene rings is 1. The van der Waals surface area contributed by atoms with E-state index in [2.05, 4.69) is 15.3 Å². The minimum Gasteiger partial charge on any atom is -0.383 e. The van der Waals surface area contributed by atoms with Gasteiger partial charge in [-0.15, -0.1) is 0 Å². The molecular weight excluding hydrogens is 262 g/mol. The summed E-state index contributed by atoms with van der Waals surface area (Å²) in [6.45, 7) is 2.19. The Balaban J connectivity index is 2.04. The molecule has 0 aliphatic carbocycles. The molecule has 0 aliphatic rings. The van der Waals surface area contributed by atoms with Crippen LogP contribution in [0.3, 0.4) is 0 Å². The Morgan fingerprint density at radius 2 is 2.00 bits per heavy atom. The third kappa shape index (κ3) is 4.28. The van der Waals surface area contributed by atoms with E-state index in [4.69, 9.17) is 16.3 Å². The zero-order chi connectivity index (χ0) is 13.5. The van der Waals surface area contributed by atoms with Crippen LogP contribution in [0.1, 0.15) is 5.69 Å². The maximum Gasteiger partial charge on any atom is 0.159 e. The second-order valence-electron chi connectivity index (χ2n) is 4.05. The highest BCUT2D eigenvalue weighted by molar-refractivity contribution is 6.30. The van der Waals surface area contributed by atoms with Gasteiger partial charge < -0.3 is 10.1 Å². The molecule has 19 heavy (non-hydrogen) atoms. The van der Waals surface area contributed by atoms with Crippen molar-refractivity contribution in [1.82, 2.24) is 15.3 Å². The number of hydrogen-bond acceptors (Lipinski definition) is 4. The van der Waals surface area contributed by atoms with Gasteiger partial charge in [-0.05, 0) is 30.3 Å². The molecule has 1 aromatic carbocycles. The first-order valence-electron chi connectivity index (χ1n) is 6.07. The summed E-state index contributed by atoms with van der Waals surface area (Å²) in [6.07, 6.45) is 1.77. The van der Waals surface area contributed by atoms with E-state index in [1.165, 1.54) is 0 Å². The number of methoxy groups -OCH3 is 1. The quantitative estimate of drug-likeness (QED) is 0.825. The highest BCUT2D eigenvalue weighted by atomic mass is 35.5. The molecule has 1 aromatic heterocycles. The van der Waals surface area contributed by atoms with E-state index in [0.29, 0.717) is 24.0 Å². The molecule has 100 valence electrons. The molecule has 0 fully saturated rings. The van der Waals surface area contributed by atoms with Crippen LogP contribution in [0.25, 0.3) is 11.4 Å². The van der Waals surface area contributed by atoms with Crippen molar-refractivity contribution >= 4 is 11.6 Å². The smallest absolute Gasteiger partial charge is 0.159 e. The monoisotopic (exact) mass is 277 g/mol. The average molecular weight is 278 g/mol. The molecule has 0 radical (unpaired) electrons. The fourth-order valence-corrected chi connectivity index (χ4v) is 1.75. The van der Waals surface area contributed by atoms with Gasteiger partial charge in [0.2, 0.25) is 0 Å². The summed E-state index contributed by atoms with van der Waals surface area (Å²) in [4.78, 5) is 8.79. The van der Waals surface area contributed by atoms with Gasteiger partial charge in [-0.2, -0.15) is 0 Å². The zero-order valence-electron chi connectivity index (χ0n) is 10.8. The highest BCUT2D eigenvalue weighted by Gasteiger charge is 2.02. The lowest BCUT2D eigenvalue weighted by Gasteiger charge is -2.05. The Hall–Kier alpha value is -1.49. The number of hydrogen-bond donors (Lipinski definition) is 1. The molecule has 0 atom stereocenters. The van der Waals surface area contributed by atoms with E-state index in [-0.39, 0.29) is 0 Å². The van der Waals surface area contributed by atoms with Gasteiger partial charge in [-0.1, -0.05) is 11.6 Å². The van der Waals surface area contributed by atoms with Crippen molar-refractivity contribution in [1.29, 1.82) is 0 Å².